The number of carboxylic acids is 1. The molecule has 1 heterocycles. The highest BCUT2D eigenvalue weighted by molar-refractivity contribution is 7.92. The Morgan fingerprint density at radius 2 is 1.75 bits per heavy atom. The topological polar surface area (TPSA) is 133 Å². The minimum Gasteiger partial charge on any atom is -0.478 e. The Morgan fingerprint density at radius 3 is 2.29 bits per heavy atom. The summed E-state index contributed by atoms with van der Waals surface area (Å²) in [4.78, 5) is 36.2. The van der Waals surface area contributed by atoms with Gasteiger partial charge in [-0.2, -0.15) is 0 Å². The molecule has 0 radical (unpaired) electrons. The fourth-order valence-corrected chi connectivity index (χ4v) is 3.73. The van der Waals surface area contributed by atoms with Gasteiger partial charge in [0.25, 0.3) is 15.9 Å². The average molecular weight is 403 g/mol. The third-order valence-electron chi connectivity index (χ3n) is 4.13. The number of hydrogen-bond acceptors (Lipinski definition) is 5. The number of urea groups is 1. The van der Waals surface area contributed by atoms with Crippen LogP contribution in [0.2, 0.25) is 0 Å². The molecule has 146 valence electrons. The first-order valence-electron chi connectivity index (χ1n) is 8.14. The van der Waals surface area contributed by atoms with Crippen molar-refractivity contribution in [2.75, 3.05) is 9.62 Å². The molecule has 0 saturated carbocycles. The molecular weight excluding hydrogens is 386 g/mol. The Kier molecular flexibility index (Phi) is 4.59. The van der Waals surface area contributed by atoms with Crippen molar-refractivity contribution in [1.82, 2.24) is 5.32 Å². The second kappa shape index (κ2) is 6.64. The number of sulfonamides is 1. The number of rotatable bonds is 5. The molecule has 0 aromatic heterocycles. The van der Waals surface area contributed by atoms with Gasteiger partial charge in [-0.15, -0.1) is 0 Å². The third-order valence-corrected chi connectivity index (χ3v) is 5.53. The number of anilines is 2. The van der Waals surface area contributed by atoms with Crippen LogP contribution in [0.3, 0.4) is 0 Å². The van der Waals surface area contributed by atoms with E-state index in [2.05, 4.69) is 10.0 Å². The largest absolute Gasteiger partial charge is 0.478 e. The SMILES string of the molecule is CC1(C)NC(=O)N(c2cccc(NS(=O)(=O)c3ccc(C(=O)O)cc3)c2)C1=O. The molecule has 3 N–H and O–H groups in total. The van der Waals surface area contributed by atoms with E-state index >= 15 is 0 Å². The average Bonchev–Trinajstić information content (AvgIpc) is 2.82. The first-order chi connectivity index (χ1) is 13.0. The summed E-state index contributed by atoms with van der Waals surface area (Å²) < 4.78 is 27.4. The van der Waals surface area contributed by atoms with Crippen LogP contribution in [-0.4, -0.2) is 37.0 Å². The molecule has 1 aliphatic heterocycles. The number of nitrogens with zero attached hydrogens (tertiary/aromatic N) is 1. The molecule has 28 heavy (non-hydrogen) atoms. The van der Waals surface area contributed by atoms with Crippen molar-refractivity contribution in [3.63, 3.8) is 0 Å². The van der Waals surface area contributed by atoms with Crippen LogP contribution in [0.4, 0.5) is 16.2 Å². The number of aromatic carboxylic acids is 1. The van der Waals surface area contributed by atoms with Crippen LogP contribution >= 0.6 is 0 Å². The summed E-state index contributed by atoms with van der Waals surface area (Å²) in [5, 5.41) is 11.4. The van der Waals surface area contributed by atoms with Crippen molar-refractivity contribution in [2.24, 2.45) is 0 Å². The van der Waals surface area contributed by atoms with Gasteiger partial charge >= 0.3 is 12.0 Å². The molecule has 0 aliphatic carbocycles. The normalized spacial score (nSPS) is 16.0. The molecule has 3 amide bonds. The highest BCUT2D eigenvalue weighted by Gasteiger charge is 2.45. The van der Waals surface area contributed by atoms with Crippen molar-refractivity contribution in [3.05, 3.63) is 54.1 Å². The Bertz CT molecular complexity index is 1080. The lowest BCUT2D eigenvalue weighted by atomic mass is 10.1. The molecule has 2 aromatic rings. The minimum absolute atomic E-state index is 0.0397. The van der Waals surface area contributed by atoms with Gasteiger partial charge in [0.15, 0.2) is 0 Å². The number of nitrogens with one attached hydrogen (secondary N) is 2. The van der Waals surface area contributed by atoms with Crippen molar-refractivity contribution in [2.45, 2.75) is 24.3 Å². The summed E-state index contributed by atoms with van der Waals surface area (Å²) in [7, 11) is -3.99. The summed E-state index contributed by atoms with van der Waals surface area (Å²) in [5.41, 5.74) is -0.736. The molecule has 9 nitrogen and oxygen atoms in total. The van der Waals surface area contributed by atoms with E-state index in [9.17, 15) is 22.8 Å². The molecule has 1 aliphatic rings. The van der Waals surface area contributed by atoms with E-state index in [4.69, 9.17) is 5.11 Å². The van der Waals surface area contributed by atoms with E-state index in [-0.39, 0.29) is 21.8 Å². The lowest BCUT2D eigenvalue weighted by Gasteiger charge is -2.17. The molecule has 0 bridgehead atoms. The summed E-state index contributed by atoms with van der Waals surface area (Å²) in [6.45, 7) is 3.14. The molecule has 1 fully saturated rings. The number of carbonyl (C=O) groups is 3. The standard InChI is InChI=1S/C18H17N3O6S/c1-18(2)16(24)21(17(25)19-18)13-5-3-4-12(10-13)20-28(26,27)14-8-6-11(7-9-14)15(22)23/h3-10,20H,1-2H3,(H,19,25)(H,22,23). The number of benzene rings is 2. The van der Waals surface area contributed by atoms with E-state index in [1.165, 1.54) is 48.5 Å². The summed E-state index contributed by atoms with van der Waals surface area (Å²) >= 11 is 0. The lowest BCUT2D eigenvalue weighted by Crippen LogP contribution is -2.40. The molecule has 0 spiro atoms. The first kappa shape index (κ1) is 19.4. The van der Waals surface area contributed by atoms with E-state index in [0.717, 1.165) is 4.90 Å². The Hall–Kier alpha value is -3.40. The van der Waals surface area contributed by atoms with Crippen molar-refractivity contribution < 1.29 is 27.9 Å². The molecule has 2 aromatic carbocycles. The molecular formula is C18H17N3O6S. The molecule has 0 unspecified atom stereocenters. The third kappa shape index (κ3) is 3.54. The fraction of sp³-hybridized carbons (Fsp3) is 0.167. The second-order valence-corrected chi connectivity index (χ2v) is 8.36. The molecule has 0 atom stereocenters. The maximum absolute atomic E-state index is 12.5. The van der Waals surface area contributed by atoms with Crippen LogP contribution in [-0.2, 0) is 14.8 Å². The number of imide groups is 1. The van der Waals surface area contributed by atoms with Crippen molar-refractivity contribution >= 4 is 39.3 Å². The van der Waals surface area contributed by atoms with Gasteiger partial charge in [-0.1, -0.05) is 6.07 Å². The lowest BCUT2D eigenvalue weighted by molar-refractivity contribution is -0.121. The number of carbonyl (C=O) groups excluding carboxylic acids is 2. The Balaban J connectivity index is 1.87. The summed E-state index contributed by atoms with van der Waals surface area (Å²) in [6, 6.07) is 9.97. The molecule has 1 saturated heterocycles. The van der Waals surface area contributed by atoms with Crippen LogP contribution in [0.15, 0.2) is 53.4 Å². The number of hydrogen-bond donors (Lipinski definition) is 3. The predicted molar refractivity (Wildman–Crippen MR) is 101 cm³/mol. The number of carboxylic acid groups (broad SMARTS) is 1. The monoisotopic (exact) mass is 403 g/mol. The summed E-state index contributed by atoms with van der Waals surface area (Å²) in [5.74, 6) is -1.62. The highest BCUT2D eigenvalue weighted by Crippen LogP contribution is 2.27. The van der Waals surface area contributed by atoms with Crippen molar-refractivity contribution in [3.8, 4) is 0 Å². The van der Waals surface area contributed by atoms with Crippen LogP contribution in [0.25, 0.3) is 0 Å². The van der Waals surface area contributed by atoms with Gasteiger partial charge in [0.1, 0.15) is 5.54 Å². The Morgan fingerprint density at radius 1 is 1.11 bits per heavy atom. The summed E-state index contributed by atoms with van der Waals surface area (Å²) in [6.07, 6.45) is 0. The van der Waals surface area contributed by atoms with Crippen LogP contribution in [0.5, 0.6) is 0 Å². The zero-order valence-corrected chi connectivity index (χ0v) is 15.8. The van der Waals surface area contributed by atoms with Gasteiger partial charge in [0, 0.05) is 0 Å². The van der Waals surface area contributed by atoms with Crippen LogP contribution in [0.1, 0.15) is 24.2 Å². The minimum atomic E-state index is -3.99. The zero-order chi connectivity index (χ0) is 20.7. The predicted octanol–water partition coefficient (Wildman–Crippen LogP) is 2.02. The van der Waals surface area contributed by atoms with E-state index in [1.54, 1.807) is 13.8 Å². The first-order valence-corrected chi connectivity index (χ1v) is 9.62. The smallest absolute Gasteiger partial charge is 0.335 e. The van der Waals surface area contributed by atoms with E-state index in [1.807, 2.05) is 0 Å². The van der Waals surface area contributed by atoms with Gasteiger partial charge in [-0.3, -0.25) is 9.52 Å². The van der Waals surface area contributed by atoms with Crippen LogP contribution < -0.4 is 14.9 Å². The van der Waals surface area contributed by atoms with Gasteiger partial charge in [0.2, 0.25) is 0 Å². The Labute approximate surface area is 161 Å². The van der Waals surface area contributed by atoms with E-state index < -0.39 is 33.5 Å². The van der Waals surface area contributed by atoms with E-state index in [0.29, 0.717) is 0 Å². The molecule has 10 heteroatoms. The highest BCUT2D eigenvalue weighted by atomic mass is 32.2. The van der Waals surface area contributed by atoms with Crippen LogP contribution in [0, 0.1) is 0 Å². The second-order valence-electron chi connectivity index (χ2n) is 6.68. The fourth-order valence-electron chi connectivity index (χ4n) is 2.68. The molecule has 3 rings (SSSR count). The van der Waals surface area contributed by atoms with Gasteiger partial charge in [0.05, 0.1) is 21.8 Å². The van der Waals surface area contributed by atoms with Crippen molar-refractivity contribution in [1.29, 1.82) is 0 Å². The number of amides is 3. The van der Waals surface area contributed by atoms with Gasteiger partial charge < -0.3 is 10.4 Å². The zero-order valence-electron chi connectivity index (χ0n) is 15.0. The quantitative estimate of drug-likeness (QED) is 0.654. The maximum Gasteiger partial charge on any atom is 0.335 e. The van der Waals surface area contributed by atoms with Gasteiger partial charge in [-0.25, -0.2) is 22.9 Å². The van der Waals surface area contributed by atoms with Gasteiger partial charge in [-0.05, 0) is 56.3 Å². The maximum atomic E-state index is 12.5.